The fourth-order valence-electron chi connectivity index (χ4n) is 3.94. The normalized spacial score (nSPS) is 25.9. The Morgan fingerprint density at radius 2 is 1.53 bits per heavy atom. The summed E-state index contributed by atoms with van der Waals surface area (Å²) in [4.78, 5) is 48.6. The van der Waals surface area contributed by atoms with E-state index >= 15 is 0 Å². The molecule has 0 spiro atoms. The SMILES string of the molecule is [2H]CC(=O)OC[C@H]1OC(O)(c2cccc(COc3ccccc3)c2)[C@H](OC(=O)C[2H])[C@@H](OC(=O)C[2H])[C@@H]1OC(=O)C[2H]. The van der Waals surface area contributed by atoms with Gasteiger partial charge in [-0.15, -0.1) is 0 Å². The quantitative estimate of drug-likeness (QED) is 0.373. The highest BCUT2D eigenvalue weighted by Crippen LogP contribution is 2.41. The third-order valence-electron chi connectivity index (χ3n) is 5.40. The molecule has 11 nitrogen and oxygen atoms in total. The van der Waals surface area contributed by atoms with Gasteiger partial charge in [-0.2, -0.15) is 0 Å². The largest absolute Gasteiger partial charge is 0.489 e. The Hall–Kier alpha value is -3.96. The van der Waals surface area contributed by atoms with Crippen molar-refractivity contribution in [3.8, 4) is 5.75 Å². The van der Waals surface area contributed by atoms with Crippen LogP contribution in [0.1, 0.15) is 44.2 Å². The van der Waals surface area contributed by atoms with Crippen molar-refractivity contribution >= 4 is 23.9 Å². The van der Waals surface area contributed by atoms with Gasteiger partial charge in [0.05, 0.1) is 0 Å². The minimum absolute atomic E-state index is 0.0338. The van der Waals surface area contributed by atoms with Gasteiger partial charge in [0.1, 0.15) is 25.1 Å². The van der Waals surface area contributed by atoms with Gasteiger partial charge >= 0.3 is 23.9 Å². The fourth-order valence-corrected chi connectivity index (χ4v) is 3.94. The summed E-state index contributed by atoms with van der Waals surface area (Å²) in [6, 6.07) is 14.9. The lowest BCUT2D eigenvalue weighted by molar-refractivity contribution is -0.360. The molecule has 38 heavy (non-hydrogen) atoms. The van der Waals surface area contributed by atoms with E-state index in [1.165, 1.54) is 18.2 Å². The van der Waals surface area contributed by atoms with Crippen LogP contribution in [-0.4, -0.2) is 60.0 Å². The van der Waals surface area contributed by atoms with Crippen molar-refractivity contribution in [2.45, 2.75) is 64.4 Å². The van der Waals surface area contributed by atoms with Crippen LogP contribution in [0.5, 0.6) is 5.75 Å². The van der Waals surface area contributed by atoms with E-state index in [0.29, 0.717) is 11.3 Å². The molecule has 1 saturated heterocycles. The minimum Gasteiger partial charge on any atom is -0.489 e. The summed E-state index contributed by atoms with van der Waals surface area (Å²) >= 11 is 0. The lowest BCUT2D eigenvalue weighted by Crippen LogP contribution is -2.66. The summed E-state index contributed by atoms with van der Waals surface area (Å²) in [5.41, 5.74) is 0.493. The van der Waals surface area contributed by atoms with Gasteiger partial charge in [0.15, 0.2) is 12.2 Å². The zero-order valence-electron chi connectivity index (χ0n) is 24.3. The zero-order chi connectivity index (χ0) is 30.7. The molecule has 1 fully saturated rings. The van der Waals surface area contributed by atoms with Crippen LogP contribution in [0, 0.1) is 0 Å². The summed E-state index contributed by atoms with van der Waals surface area (Å²) in [5.74, 6) is -6.52. The molecule has 0 aromatic heterocycles. The molecule has 0 saturated carbocycles. The molecule has 1 aliphatic heterocycles. The van der Waals surface area contributed by atoms with Gasteiger partial charge in [0.25, 0.3) is 0 Å². The Labute approximate surface area is 225 Å². The Morgan fingerprint density at radius 3 is 2.21 bits per heavy atom. The first kappa shape index (κ1) is 23.2. The molecule has 11 heteroatoms. The second-order valence-corrected chi connectivity index (χ2v) is 8.16. The molecule has 0 radical (unpaired) electrons. The Balaban J connectivity index is 2.09. The van der Waals surface area contributed by atoms with Gasteiger partial charge < -0.3 is 33.5 Å². The maximum atomic E-state index is 12.3. The van der Waals surface area contributed by atoms with Crippen LogP contribution in [0.15, 0.2) is 54.6 Å². The summed E-state index contributed by atoms with van der Waals surface area (Å²) in [7, 11) is 0. The summed E-state index contributed by atoms with van der Waals surface area (Å²) in [5, 5.41) is 12.0. The highest BCUT2D eigenvalue weighted by atomic mass is 16.7. The smallest absolute Gasteiger partial charge is 0.303 e. The van der Waals surface area contributed by atoms with Crippen molar-refractivity contribution in [2.24, 2.45) is 0 Å². The monoisotopic (exact) mass is 534 g/mol. The molecule has 5 atom stereocenters. The molecule has 3 rings (SSSR count). The molecule has 2 aromatic carbocycles. The van der Waals surface area contributed by atoms with E-state index in [-0.39, 0.29) is 12.2 Å². The third kappa shape index (κ3) is 7.30. The van der Waals surface area contributed by atoms with E-state index in [1.807, 2.05) is 6.07 Å². The highest BCUT2D eigenvalue weighted by molar-refractivity contribution is 5.69. The summed E-state index contributed by atoms with van der Waals surface area (Å²) in [6.45, 7) is -4.12. The van der Waals surface area contributed by atoms with Crippen LogP contribution in [0.25, 0.3) is 0 Å². The van der Waals surface area contributed by atoms with Crippen molar-refractivity contribution in [1.82, 2.24) is 0 Å². The standard InChI is InChI=1S/C27H30O11/c1-16(28)33-15-23-24(35-17(2)29)25(36-18(3)30)26(37-19(4)31)27(32,38-23)21-10-8-9-20(13-21)14-34-22-11-6-5-7-12-22/h5-13,23-26,32H,14-15H2,1-4H3/t23-,24-,25+,26-,27?/m1/s1/i1D,2D,3D,4D. The van der Waals surface area contributed by atoms with E-state index in [4.69, 9.17) is 33.9 Å². The van der Waals surface area contributed by atoms with Gasteiger partial charge in [-0.1, -0.05) is 36.4 Å². The predicted molar refractivity (Wildman–Crippen MR) is 129 cm³/mol. The molecular formula is C27H30O11. The lowest BCUT2D eigenvalue weighted by atomic mass is 9.87. The number of benzene rings is 2. The number of rotatable bonds is 9. The second kappa shape index (κ2) is 12.5. The van der Waals surface area contributed by atoms with Crippen molar-refractivity contribution in [3.63, 3.8) is 0 Å². The molecule has 2 aromatic rings. The van der Waals surface area contributed by atoms with Crippen LogP contribution in [0.2, 0.25) is 0 Å². The fraction of sp³-hybridized carbons (Fsp3) is 0.407. The van der Waals surface area contributed by atoms with Gasteiger partial charge in [0.2, 0.25) is 11.9 Å². The van der Waals surface area contributed by atoms with Gasteiger partial charge in [0, 0.05) is 38.6 Å². The van der Waals surface area contributed by atoms with Crippen LogP contribution in [0.3, 0.4) is 0 Å². The number of carbonyl (C=O) groups is 4. The Kier molecular flexibility index (Phi) is 7.64. The number of ether oxygens (including phenoxy) is 6. The summed E-state index contributed by atoms with van der Waals surface area (Å²) in [6.07, 6.45) is -7.07. The van der Waals surface area contributed by atoms with Crippen molar-refractivity contribution in [1.29, 1.82) is 0 Å². The Morgan fingerprint density at radius 1 is 0.868 bits per heavy atom. The van der Waals surface area contributed by atoms with E-state index in [1.54, 1.807) is 30.3 Å². The second-order valence-electron chi connectivity index (χ2n) is 8.16. The maximum Gasteiger partial charge on any atom is 0.303 e. The number of para-hydroxylation sites is 1. The van der Waals surface area contributed by atoms with Crippen molar-refractivity contribution in [3.05, 3.63) is 65.7 Å². The van der Waals surface area contributed by atoms with Gasteiger partial charge in [-0.05, 0) is 23.8 Å². The number of esters is 4. The topological polar surface area (TPSA) is 144 Å². The first-order valence-corrected chi connectivity index (χ1v) is 11.2. The maximum absolute atomic E-state index is 12.3. The zero-order valence-corrected chi connectivity index (χ0v) is 20.3. The number of aliphatic hydroxyl groups is 1. The molecule has 204 valence electrons. The van der Waals surface area contributed by atoms with Crippen molar-refractivity contribution in [2.75, 3.05) is 6.61 Å². The average Bonchev–Trinajstić information content (AvgIpc) is 3.02. The minimum atomic E-state index is -2.65. The van der Waals surface area contributed by atoms with Gasteiger partial charge in [-0.25, -0.2) is 0 Å². The van der Waals surface area contributed by atoms with Gasteiger partial charge in [-0.3, -0.25) is 19.2 Å². The molecule has 1 N–H and O–H groups in total. The molecule has 0 aliphatic carbocycles. The van der Waals surface area contributed by atoms with E-state index < -0.39 is 88.3 Å². The molecular weight excluding hydrogens is 500 g/mol. The van der Waals surface area contributed by atoms with Crippen LogP contribution >= 0.6 is 0 Å². The number of hydrogen-bond acceptors (Lipinski definition) is 11. The number of hydrogen-bond donors (Lipinski definition) is 1. The van der Waals surface area contributed by atoms with Crippen LogP contribution < -0.4 is 4.74 Å². The number of carbonyl (C=O) groups excluding carboxylic acids is 4. The molecule has 1 unspecified atom stereocenters. The molecule has 0 bridgehead atoms. The first-order valence-electron chi connectivity index (χ1n) is 14.1. The molecule has 0 amide bonds. The van der Waals surface area contributed by atoms with E-state index in [9.17, 15) is 24.3 Å². The predicted octanol–water partition coefficient (Wildman–Crippen LogP) is 2.17. The van der Waals surface area contributed by atoms with Crippen LogP contribution in [-0.2, 0) is 55.3 Å². The van der Waals surface area contributed by atoms with Crippen molar-refractivity contribution < 1.29 is 58.2 Å². The lowest BCUT2D eigenvalue weighted by Gasteiger charge is -2.48. The van der Waals surface area contributed by atoms with E-state index in [0.717, 1.165) is 0 Å². The molecule has 1 aliphatic rings. The highest BCUT2D eigenvalue weighted by Gasteiger charge is 2.60. The average molecular weight is 535 g/mol. The molecule has 1 heterocycles. The summed E-state index contributed by atoms with van der Waals surface area (Å²) < 4.78 is 61.9. The van der Waals surface area contributed by atoms with Crippen LogP contribution in [0.4, 0.5) is 0 Å². The third-order valence-corrected chi connectivity index (χ3v) is 5.40. The van der Waals surface area contributed by atoms with E-state index in [2.05, 4.69) is 0 Å². The Bertz CT molecular complexity index is 1230. The first-order chi connectivity index (χ1) is 20.1.